The van der Waals surface area contributed by atoms with Gasteiger partial charge in [0.25, 0.3) is 0 Å². The van der Waals surface area contributed by atoms with Crippen LogP contribution in [0.3, 0.4) is 0 Å². The van der Waals surface area contributed by atoms with Gasteiger partial charge in [-0.25, -0.2) is 5.48 Å². The summed E-state index contributed by atoms with van der Waals surface area (Å²) < 4.78 is 0. The summed E-state index contributed by atoms with van der Waals surface area (Å²) in [5.41, 5.74) is 5.21. The molecule has 0 saturated heterocycles. The summed E-state index contributed by atoms with van der Waals surface area (Å²) in [5, 5.41) is 0. The van der Waals surface area contributed by atoms with Crippen LogP contribution in [0.4, 0.5) is 0 Å². The van der Waals surface area contributed by atoms with E-state index in [1.807, 2.05) is 6.08 Å². The van der Waals surface area contributed by atoms with Crippen molar-refractivity contribution in [3.8, 4) is 0 Å². The van der Waals surface area contributed by atoms with Gasteiger partial charge in [0.2, 0.25) is 0 Å². The number of rotatable bonds is 5. The van der Waals surface area contributed by atoms with Gasteiger partial charge in [-0.3, -0.25) is 4.84 Å². The highest BCUT2D eigenvalue weighted by atomic mass is 16.6. The van der Waals surface area contributed by atoms with E-state index in [4.69, 9.17) is 4.84 Å². The van der Waals surface area contributed by atoms with Crippen LogP contribution in [-0.4, -0.2) is 13.7 Å². The number of nitrogens with one attached hydrogen (secondary N) is 1. The Hall–Kier alpha value is -1.12. The summed E-state index contributed by atoms with van der Waals surface area (Å²) in [7, 11) is 1.76. The second kappa shape index (κ2) is 6.38. The third-order valence-corrected chi connectivity index (χ3v) is 2.24. The Labute approximate surface area is 91.9 Å². The van der Waals surface area contributed by atoms with Crippen LogP contribution in [0.15, 0.2) is 30.3 Å². The van der Waals surface area contributed by atoms with Crippen LogP contribution in [0, 0.1) is 0 Å². The molecule has 0 amide bonds. The Morgan fingerprint density at radius 3 is 2.47 bits per heavy atom. The Morgan fingerprint density at radius 2 is 1.93 bits per heavy atom. The van der Waals surface area contributed by atoms with Crippen molar-refractivity contribution in [3.05, 3.63) is 41.5 Å². The Kier molecular flexibility index (Phi) is 5.08. The first kappa shape index (κ1) is 12.0. The molecule has 82 valence electrons. The fourth-order valence-electron chi connectivity index (χ4n) is 1.31. The van der Waals surface area contributed by atoms with Crippen molar-refractivity contribution >= 4 is 6.08 Å². The molecule has 0 aliphatic carbocycles. The van der Waals surface area contributed by atoms with Crippen LogP contribution in [-0.2, 0) is 4.84 Å². The number of benzene rings is 1. The Morgan fingerprint density at radius 1 is 1.27 bits per heavy atom. The topological polar surface area (TPSA) is 21.3 Å². The van der Waals surface area contributed by atoms with Crippen LogP contribution in [0.25, 0.3) is 6.08 Å². The molecule has 15 heavy (non-hydrogen) atoms. The van der Waals surface area contributed by atoms with E-state index in [9.17, 15) is 0 Å². The summed E-state index contributed by atoms with van der Waals surface area (Å²) in [5.74, 6) is 0.593. The van der Waals surface area contributed by atoms with Crippen LogP contribution in [0.2, 0.25) is 0 Å². The SMILES string of the molecule is CNOC/C=C/c1ccc(C(C)C)cc1. The van der Waals surface area contributed by atoms with Crippen molar-refractivity contribution in [2.24, 2.45) is 0 Å². The van der Waals surface area contributed by atoms with Gasteiger partial charge in [0.15, 0.2) is 0 Å². The van der Waals surface area contributed by atoms with Crippen LogP contribution < -0.4 is 5.48 Å². The molecule has 0 spiro atoms. The van der Waals surface area contributed by atoms with Crippen LogP contribution in [0.5, 0.6) is 0 Å². The molecule has 0 fully saturated rings. The minimum Gasteiger partial charge on any atom is -0.298 e. The zero-order chi connectivity index (χ0) is 11.1. The molecule has 1 rings (SSSR count). The van der Waals surface area contributed by atoms with Crippen molar-refractivity contribution in [1.29, 1.82) is 0 Å². The van der Waals surface area contributed by atoms with Crippen molar-refractivity contribution in [2.45, 2.75) is 19.8 Å². The normalized spacial score (nSPS) is 11.5. The van der Waals surface area contributed by atoms with Gasteiger partial charge in [0, 0.05) is 7.05 Å². The van der Waals surface area contributed by atoms with Crippen LogP contribution >= 0.6 is 0 Å². The maximum absolute atomic E-state index is 4.98. The van der Waals surface area contributed by atoms with E-state index in [0.717, 1.165) is 0 Å². The first-order valence-electron chi connectivity index (χ1n) is 5.29. The minimum absolute atomic E-state index is 0.586. The average Bonchev–Trinajstić information content (AvgIpc) is 2.25. The van der Waals surface area contributed by atoms with E-state index in [-0.39, 0.29) is 0 Å². The van der Waals surface area contributed by atoms with Crippen molar-refractivity contribution in [3.63, 3.8) is 0 Å². The molecule has 0 saturated carbocycles. The summed E-state index contributed by atoms with van der Waals surface area (Å²) in [6, 6.07) is 8.60. The van der Waals surface area contributed by atoms with Gasteiger partial charge in [-0.05, 0) is 17.0 Å². The number of hydrogen-bond donors (Lipinski definition) is 1. The summed E-state index contributed by atoms with van der Waals surface area (Å²) in [4.78, 5) is 4.98. The molecule has 2 heteroatoms. The first-order chi connectivity index (χ1) is 7.24. The fourth-order valence-corrected chi connectivity index (χ4v) is 1.31. The van der Waals surface area contributed by atoms with Crippen molar-refractivity contribution in [2.75, 3.05) is 13.7 Å². The highest BCUT2D eigenvalue weighted by Gasteiger charge is 1.96. The maximum Gasteiger partial charge on any atom is 0.0866 e. The van der Waals surface area contributed by atoms with Crippen LogP contribution in [0.1, 0.15) is 30.9 Å². The lowest BCUT2D eigenvalue weighted by Crippen LogP contribution is -2.06. The zero-order valence-corrected chi connectivity index (χ0v) is 9.66. The highest BCUT2D eigenvalue weighted by Crippen LogP contribution is 2.15. The molecule has 1 aromatic carbocycles. The van der Waals surface area contributed by atoms with E-state index in [0.29, 0.717) is 12.5 Å². The molecule has 0 aromatic heterocycles. The molecule has 0 heterocycles. The van der Waals surface area contributed by atoms with Crippen molar-refractivity contribution < 1.29 is 4.84 Å². The van der Waals surface area contributed by atoms with Gasteiger partial charge < -0.3 is 0 Å². The predicted molar refractivity (Wildman–Crippen MR) is 64.6 cm³/mol. The third-order valence-electron chi connectivity index (χ3n) is 2.24. The average molecular weight is 205 g/mol. The lowest BCUT2D eigenvalue weighted by atomic mass is 10.0. The van der Waals surface area contributed by atoms with E-state index in [1.165, 1.54) is 11.1 Å². The first-order valence-corrected chi connectivity index (χ1v) is 5.29. The minimum atomic E-state index is 0.586. The molecule has 0 aliphatic heterocycles. The van der Waals surface area contributed by atoms with Gasteiger partial charge in [0.05, 0.1) is 6.61 Å². The maximum atomic E-state index is 4.98. The molecule has 1 aromatic rings. The van der Waals surface area contributed by atoms with Gasteiger partial charge in [-0.2, -0.15) is 0 Å². The summed E-state index contributed by atoms with van der Waals surface area (Å²) >= 11 is 0. The zero-order valence-electron chi connectivity index (χ0n) is 9.66. The quantitative estimate of drug-likeness (QED) is 0.589. The molecule has 2 nitrogen and oxygen atoms in total. The molecular formula is C13H19NO. The standard InChI is InChI=1S/C13H19NO/c1-11(2)13-8-6-12(7-9-13)5-4-10-15-14-3/h4-9,11,14H,10H2,1-3H3/b5-4+. The molecule has 0 radical (unpaired) electrons. The van der Waals surface area contributed by atoms with Crippen molar-refractivity contribution in [1.82, 2.24) is 5.48 Å². The van der Waals surface area contributed by atoms with E-state index < -0.39 is 0 Å². The molecular weight excluding hydrogens is 186 g/mol. The lowest BCUT2D eigenvalue weighted by Gasteiger charge is -2.04. The molecule has 0 atom stereocenters. The third kappa shape index (κ3) is 4.28. The molecule has 0 unspecified atom stereocenters. The van der Waals surface area contributed by atoms with E-state index >= 15 is 0 Å². The smallest absolute Gasteiger partial charge is 0.0866 e. The summed E-state index contributed by atoms with van der Waals surface area (Å²) in [6.45, 7) is 4.99. The number of hydrogen-bond acceptors (Lipinski definition) is 2. The molecule has 0 bridgehead atoms. The second-order valence-corrected chi connectivity index (χ2v) is 3.74. The molecule has 0 aliphatic rings. The second-order valence-electron chi connectivity index (χ2n) is 3.74. The number of hydroxylamine groups is 1. The van der Waals surface area contributed by atoms with E-state index in [1.54, 1.807) is 7.05 Å². The summed E-state index contributed by atoms with van der Waals surface area (Å²) in [6.07, 6.45) is 4.04. The fraction of sp³-hybridized carbons (Fsp3) is 0.385. The van der Waals surface area contributed by atoms with E-state index in [2.05, 4.69) is 49.7 Å². The molecule has 1 N–H and O–H groups in total. The van der Waals surface area contributed by atoms with Gasteiger partial charge in [-0.1, -0.05) is 50.3 Å². The van der Waals surface area contributed by atoms with Gasteiger partial charge >= 0.3 is 0 Å². The predicted octanol–water partition coefficient (Wildman–Crippen LogP) is 2.97. The van der Waals surface area contributed by atoms with Gasteiger partial charge in [0.1, 0.15) is 0 Å². The highest BCUT2D eigenvalue weighted by molar-refractivity contribution is 5.49. The Bertz CT molecular complexity index is 301. The Balaban J connectivity index is 2.53. The lowest BCUT2D eigenvalue weighted by molar-refractivity contribution is 0.0814. The largest absolute Gasteiger partial charge is 0.298 e. The monoisotopic (exact) mass is 205 g/mol. The van der Waals surface area contributed by atoms with Gasteiger partial charge in [-0.15, -0.1) is 0 Å².